The van der Waals surface area contributed by atoms with Gasteiger partial charge in [-0.25, -0.2) is 0 Å². The van der Waals surface area contributed by atoms with E-state index in [4.69, 9.17) is 0 Å². The van der Waals surface area contributed by atoms with E-state index < -0.39 is 0 Å². The maximum absolute atomic E-state index is 2.35. The van der Waals surface area contributed by atoms with E-state index in [0.29, 0.717) is 0 Å². The Hall–Kier alpha value is 1.25. The van der Waals surface area contributed by atoms with Gasteiger partial charge < -0.3 is 17.0 Å². The Morgan fingerprint density at radius 1 is 1.18 bits per heavy atom. The molecule has 0 aromatic heterocycles. The minimum atomic E-state index is 0. The first-order chi connectivity index (χ1) is 4.81. The molecule has 0 aliphatic heterocycles. The predicted octanol–water partition coefficient (Wildman–Crippen LogP) is 0.184. The molecular weight excluding hydrogens is 212 g/mol. The van der Waals surface area contributed by atoms with Gasteiger partial charge in [-0.15, -0.1) is 0 Å². The molecule has 0 N–H and O–H groups in total. The molecule has 0 saturated heterocycles. The van der Waals surface area contributed by atoms with Gasteiger partial charge in [0.1, 0.15) is 0 Å². The summed E-state index contributed by atoms with van der Waals surface area (Å²) in [7, 11) is 0. The monoisotopic (exact) mass is 230 g/mol. The summed E-state index contributed by atoms with van der Waals surface area (Å²) in [6.45, 7) is 4.64. The molecule has 1 unspecified atom stereocenters. The Kier molecular flexibility index (Phi) is 15.1. The van der Waals surface area contributed by atoms with Crippen LogP contribution in [0.3, 0.4) is 0 Å². The molecule has 0 aliphatic carbocycles. The summed E-state index contributed by atoms with van der Waals surface area (Å²) in [4.78, 5) is 0. The molecule has 0 rings (SSSR count). The molecule has 1 atom stereocenters. The van der Waals surface area contributed by atoms with Crippen LogP contribution in [0.5, 0.6) is 0 Å². The molecule has 2 heteroatoms. The maximum atomic E-state index is 2.35. The van der Waals surface area contributed by atoms with Gasteiger partial charge in [0.05, 0.1) is 0 Å². The van der Waals surface area contributed by atoms with Crippen LogP contribution >= 0.6 is 0 Å². The van der Waals surface area contributed by atoms with Crippen molar-refractivity contribution in [1.82, 2.24) is 0 Å². The molecule has 0 radical (unpaired) electrons. The van der Waals surface area contributed by atoms with E-state index in [0.717, 1.165) is 5.92 Å². The third-order valence-electron chi connectivity index (χ3n) is 2.14. The van der Waals surface area contributed by atoms with Crippen molar-refractivity contribution in [1.29, 1.82) is 0 Å². The average Bonchev–Trinajstić information content (AvgIpc) is 1.98. The van der Waals surface area contributed by atoms with Crippen LogP contribution in [0.15, 0.2) is 0 Å². The molecular formula is C9H19BrMg. The van der Waals surface area contributed by atoms with Gasteiger partial charge in [-0.2, -0.15) is 0 Å². The van der Waals surface area contributed by atoms with Crippen molar-refractivity contribution in [2.75, 3.05) is 0 Å². The van der Waals surface area contributed by atoms with Gasteiger partial charge in [-0.3, -0.25) is 0 Å². The van der Waals surface area contributed by atoms with Crippen molar-refractivity contribution < 1.29 is 17.0 Å². The van der Waals surface area contributed by atoms with E-state index in [9.17, 15) is 0 Å². The summed E-state index contributed by atoms with van der Waals surface area (Å²) < 4.78 is 1.39. The van der Waals surface area contributed by atoms with Crippen LogP contribution < -0.4 is 17.0 Å². The number of halogens is 1. The Bertz CT molecular complexity index is 66.6. The molecule has 0 aromatic rings. The van der Waals surface area contributed by atoms with Gasteiger partial charge in [-0.05, 0) is 0 Å². The summed E-state index contributed by atoms with van der Waals surface area (Å²) in [6.07, 6.45) is 7.14. The molecule has 0 saturated carbocycles. The molecule has 0 fully saturated rings. The molecule has 0 heterocycles. The smallest absolute Gasteiger partial charge is 1.00 e. The first-order valence-corrected chi connectivity index (χ1v) is 5.60. The molecule has 64 valence electrons. The van der Waals surface area contributed by atoms with Gasteiger partial charge >= 0.3 is 78.1 Å². The summed E-state index contributed by atoms with van der Waals surface area (Å²) >= 11 is 2.09. The Labute approximate surface area is 94.7 Å². The minimum absolute atomic E-state index is 0. The summed E-state index contributed by atoms with van der Waals surface area (Å²) in [5.41, 5.74) is 0. The number of hydrogen-bond donors (Lipinski definition) is 0. The van der Waals surface area contributed by atoms with E-state index in [2.05, 4.69) is 35.6 Å². The first-order valence-electron chi connectivity index (χ1n) is 4.60. The Morgan fingerprint density at radius 3 is 2.27 bits per heavy atom. The quantitative estimate of drug-likeness (QED) is 0.452. The van der Waals surface area contributed by atoms with Crippen molar-refractivity contribution in [3.05, 3.63) is 0 Å². The fraction of sp³-hybridized carbons (Fsp3) is 1.00. The second-order valence-corrected chi connectivity index (χ2v) is 3.92. The number of hydrogen-bond acceptors (Lipinski definition) is 0. The van der Waals surface area contributed by atoms with E-state index in [1.54, 1.807) is 0 Å². The van der Waals surface area contributed by atoms with Gasteiger partial charge in [0, 0.05) is 0 Å². The summed E-state index contributed by atoms with van der Waals surface area (Å²) in [6, 6.07) is 0. The van der Waals surface area contributed by atoms with Crippen molar-refractivity contribution in [2.24, 2.45) is 5.92 Å². The fourth-order valence-electron chi connectivity index (χ4n) is 1.05. The standard InChI is InChI=1S/C9H19.BrH.Mg/c1-4-6-7-8-9(3)5-2;;/h9H,1,4-8H2,2-3H3;1H;/q;;+1/p-1. The maximum Gasteiger partial charge on any atom is -1.00 e. The Balaban J connectivity index is 0. The minimum Gasteiger partial charge on any atom is -1.00 e. The van der Waals surface area contributed by atoms with E-state index >= 15 is 0 Å². The van der Waals surface area contributed by atoms with Crippen molar-refractivity contribution in [3.63, 3.8) is 0 Å². The van der Waals surface area contributed by atoms with Gasteiger partial charge in [0.25, 0.3) is 0 Å². The zero-order valence-corrected chi connectivity index (χ0v) is 10.9. The first kappa shape index (κ1) is 14.8. The molecule has 0 bridgehead atoms. The summed E-state index contributed by atoms with van der Waals surface area (Å²) in [5, 5.41) is 0. The van der Waals surface area contributed by atoms with Crippen molar-refractivity contribution >= 4 is 21.7 Å². The second kappa shape index (κ2) is 11.2. The number of unbranched alkanes of at least 4 members (excludes halogenated alkanes) is 2. The van der Waals surface area contributed by atoms with Crippen LogP contribution in [0.2, 0.25) is 4.55 Å². The molecule has 0 aromatic carbocycles. The normalized spacial score (nSPS) is 12.4. The predicted molar refractivity (Wildman–Crippen MR) is 48.5 cm³/mol. The molecule has 0 aliphatic rings. The average molecular weight is 231 g/mol. The van der Waals surface area contributed by atoms with Crippen molar-refractivity contribution in [3.8, 4) is 0 Å². The van der Waals surface area contributed by atoms with Gasteiger partial charge in [-0.1, -0.05) is 0 Å². The molecule has 0 amide bonds. The Morgan fingerprint density at radius 2 is 1.82 bits per heavy atom. The van der Waals surface area contributed by atoms with Crippen LogP contribution in [-0.2, 0) is 0 Å². The zero-order chi connectivity index (χ0) is 7.82. The molecule has 0 spiro atoms. The SMILES string of the molecule is CCC(C)CCCC[CH2][Mg+].[Br-]. The van der Waals surface area contributed by atoms with E-state index in [-0.39, 0.29) is 17.0 Å². The van der Waals surface area contributed by atoms with E-state index in [1.165, 1.54) is 36.7 Å². The number of rotatable bonds is 6. The van der Waals surface area contributed by atoms with Gasteiger partial charge in [0.15, 0.2) is 0 Å². The van der Waals surface area contributed by atoms with Crippen molar-refractivity contribution in [2.45, 2.75) is 50.5 Å². The largest absolute Gasteiger partial charge is 1.00 e. The third kappa shape index (κ3) is 11.2. The fourth-order valence-corrected chi connectivity index (χ4v) is 1.40. The van der Waals surface area contributed by atoms with Crippen LogP contribution in [-0.4, -0.2) is 21.7 Å². The van der Waals surface area contributed by atoms with Crippen LogP contribution in [0, 0.1) is 5.92 Å². The third-order valence-corrected chi connectivity index (χ3v) is 2.64. The summed E-state index contributed by atoms with van der Waals surface area (Å²) in [5.74, 6) is 0.958. The van der Waals surface area contributed by atoms with Gasteiger partial charge in [0.2, 0.25) is 0 Å². The van der Waals surface area contributed by atoms with E-state index in [1.807, 2.05) is 0 Å². The topological polar surface area (TPSA) is 0 Å². The molecule has 0 nitrogen and oxygen atoms in total. The van der Waals surface area contributed by atoms with Crippen LogP contribution in [0.1, 0.15) is 46.0 Å². The van der Waals surface area contributed by atoms with Crippen LogP contribution in [0.4, 0.5) is 0 Å². The second-order valence-electron chi connectivity index (χ2n) is 3.22. The zero-order valence-electron chi connectivity index (χ0n) is 7.91. The molecule has 11 heavy (non-hydrogen) atoms. The van der Waals surface area contributed by atoms with Crippen LogP contribution in [0.25, 0.3) is 0 Å².